The van der Waals surface area contributed by atoms with Crippen LogP contribution in [0.2, 0.25) is 0 Å². The minimum absolute atomic E-state index is 0.632. The van der Waals surface area contributed by atoms with Gasteiger partial charge in [0.2, 0.25) is 0 Å². The molecule has 0 radical (unpaired) electrons. The van der Waals surface area contributed by atoms with E-state index in [-0.39, 0.29) is 0 Å². The van der Waals surface area contributed by atoms with E-state index in [4.69, 9.17) is 19.6 Å². The third-order valence-corrected chi connectivity index (χ3v) is 5.56. The first kappa shape index (κ1) is 23.7. The van der Waals surface area contributed by atoms with Crippen molar-refractivity contribution in [3.63, 3.8) is 0 Å². The van der Waals surface area contributed by atoms with Crippen LogP contribution in [0.25, 0.3) is 22.6 Å². The van der Waals surface area contributed by atoms with Crippen LogP contribution in [0.4, 0.5) is 18.9 Å². The zero-order valence-electron chi connectivity index (χ0n) is 18.5. The molecule has 3 aromatic rings. The summed E-state index contributed by atoms with van der Waals surface area (Å²) < 4.78 is 37.2. The lowest BCUT2D eigenvalue weighted by atomic mass is 10.1. The number of alkyl halides is 3. The fourth-order valence-corrected chi connectivity index (χ4v) is 3.67. The smallest absolute Gasteiger partial charge is 0.475 e. The number of aliphatic carboxylic acids is 1. The predicted molar refractivity (Wildman–Crippen MR) is 118 cm³/mol. The van der Waals surface area contributed by atoms with Crippen LogP contribution in [0.3, 0.4) is 0 Å². The molecule has 0 bridgehead atoms. The maximum atomic E-state index is 10.6. The minimum Gasteiger partial charge on any atom is -0.475 e. The largest absolute Gasteiger partial charge is 0.490 e. The van der Waals surface area contributed by atoms with Gasteiger partial charge in [0.1, 0.15) is 5.69 Å². The van der Waals surface area contributed by atoms with E-state index >= 15 is 0 Å². The number of aromatic amines is 1. The summed E-state index contributed by atoms with van der Waals surface area (Å²) in [4.78, 5) is 28.4. The molecule has 0 unspecified atom stereocenters. The van der Waals surface area contributed by atoms with Crippen molar-refractivity contribution in [3.05, 3.63) is 48.2 Å². The number of halogens is 3. The number of aromatic nitrogens is 4. The van der Waals surface area contributed by atoms with E-state index < -0.39 is 12.1 Å². The third-order valence-electron chi connectivity index (χ3n) is 5.56. The molecule has 0 atom stereocenters. The average molecular weight is 475 g/mol. The van der Waals surface area contributed by atoms with E-state index in [0.29, 0.717) is 5.92 Å². The van der Waals surface area contributed by atoms with Crippen LogP contribution in [0.15, 0.2) is 36.8 Å². The first-order valence-electron chi connectivity index (χ1n) is 10.8. The lowest BCUT2D eigenvalue weighted by Gasteiger charge is -2.28. The Kier molecular flexibility index (Phi) is 6.82. The van der Waals surface area contributed by atoms with Crippen molar-refractivity contribution in [2.24, 2.45) is 0 Å². The first-order valence-corrected chi connectivity index (χ1v) is 10.8. The second kappa shape index (κ2) is 9.80. The number of hydrogen-bond donors (Lipinski definition) is 2. The van der Waals surface area contributed by atoms with Gasteiger partial charge in [-0.05, 0) is 43.5 Å². The molecule has 11 heteroatoms. The molecule has 1 saturated heterocycles. The number of carboxylic acids is 1. The van der Waals surface area contributed by atoms with Crippen LogP contribution in [-0.4, -0.2) is 63.5 Å². The summed E-state index contributed by atoms with van der Waals surface area (Å²) in [5.41, 5.74) is 6.57. The maximum Gasteiger partial charge on any atom is 0.490 e. The van der Waals surface area contributed by atoms with Gasteiger partial charge in [-0.25, -0.2) is 9.78 Å². The Morgan fingerprint density at radius 3 is 2.53 bits per heavy atom. The second-order valence-electron chi connectivity index (χ2n) is 8.13. The van der Waals surface area contributed by atoms with Crippen LogP contribution in [0.1, 0.15) is 30.1 Å². The van der Waals surface area contributed by atoms with Gasteiger partial charge in [-0.15, -0.1) is 0 Å². The van der Waals surface area contributed by atoms with Gasteiger partial charge in [0.25, 0.3) is 0 Å². The molecule has 0 spiro atoms. The van der Waals surface area contributed by atoms with Gasteiger partial charge in [-0.1, -0.05) is 0 Å². The number of morpholine rings is 1. The zero-order chi connectivity index (χ0) is 24.3. The van der Waals surface area contributed by atoms with Gasteiger partial charge in [-0.3, -0.25) is 9.97 Å². The number of rotatable bonds is 4. The van der Waals surface area contributed by atoms with Crippen LogP contribution in [0, 0.1) is 6.92 Å². The van der Waals surface area contributed by atoms with Gasteiger partial charge in [0, 0.05) is 42.7 Å². The topological polar surface area (TPSA) is 104 Å². The Labute approximate surface area is 193 Å². The van der Waals surface area contributed by atoms with Crippen molar-refractivity contribution >= 4 is 11.7 Å². The van der Waals surface area contributed by atoms with E-state index in [1.54, 1.807) is 0 Å². The SMILES string of the molecule is Cc1[nH]c(-c2cc(-c3cncc(N4CCOCC4)c3)ccn2)nc1C1CC1.O=C(O)C(F)(F)F. The summed E-state index contributed by atoms with van der Waals surface area (Å²) in [6.07, 6.45) is 3.10. The fourth-order valence-electron chi connectivity index (χ4n) is 3.67. The van der Waals surface area contributed by atoms with Gasteiger partial charge >= 0.3 is 12.1 Å². The number of hydrogen-bond acceptors (Lipinski definition) is 6. The Morgan fingerprint density at radius 1 is 1.18 bits per heavy atom. The average Bonchev–Trinajstić information content (AvgIpc) is 3.60. The molecular formula is C23H24F3N5O3. The van der Waals surface area contributed by atoms with Crippen molar-refractivity contribution in [2.45, 2.75) is 31.9 Å². The molecule has 5 rings (SSSR count). The molecule has 0 amide bonds. The van der Waals surface area contributed by atoms with E-state index in [9.17, 15) is 13.2 Å². The van der Waals surface area contributed by atoms with Crippen LogP contribution in [-0.2, 0) is 9.53 Å². The number of aryl methyl sites for hydroxylation is 1. The van der Waals surface area contributed by atoms with Gasteiger partial charge in [0.15, 0.2) is 5.82 Å². The Balaban J connectivity index is 0.000000344. The highest BCUT2D eigenvalue weighted by atomic mass is 19.4. The van der Waals surface area contributed by atoms with Crippen molar-refractivity contribution in [1.29, 1.82) is 0 Å². The number of nitrogens with one attached hydrogen (secondary N) is 1. The summed E-state index contributed by atoms with van der Waals surface area (Å²) in [7, 11) is 0. The molecule has 8 nitrogen and oxygen atoms in total. The molecule has 2 aliphatic rings. The van der Waals surface area contributed by atoms with Crippen molar-refractivity contribution in [1.82, 2.24) is 19.9 Å². The normalized spacial score (nSPS) is 16.1. The molecule has 4 heterocycles. The molecule has 2 fully saturated rings. The Bertz CT molecular complexity index is 1150. The molecule has 0 aromatic carbocycles. The van der Waals surface area contributed by atoms with Gasteiger partial charge < -0.3 is 19.7 Å². The first-order chi connectivity index (χ1) is 16.2. The quantitative estimate of drug-likeness (QED) is 0.583. The summed E-state index contributed by atoms with van der Waals surface area (Å²) >= 11 is 0. The van der Waals surface area contributed by atoms with E-state index in [1.807, 2.05) is 24.7 Å². The molecule has 1 aliphatic heterocycles. The van der Waals surface area contributed by atoms with E-state index in [0.717, 1.165) is 60.3 Å². The van der Waals surface area contributed by atoms with E-state index in [2.05, 4.69) is 38.9 Å². The van der Waals surface area contributed by atoms with E-state index in [1.165, 1.54) is 18.5 Å². The monoisotopic (exact) mass is 475 g/mol. The lowest BCUT2D eigenvalue weighted by molar-refractivity contribution is -0.192. The molecule has 3 aromatic heterocycles. The zero-order valence-corrected chi connectivity index (χ0v) is 18.5. The highest BCUT2D eigenvalue weighted by Gasteiger charge is 2.38. The van der Waals surface area contributed by atoms with Gasteiger partial charge in [0.05, 0.1) is 30.8 Å². The number of carboxylic acid groups (broad SMARTS) is 1. The number of carbonyl (C=O) groups is 1. The minimum atomic E-state index is -5.08. The lowest BCUT2D eigenvalue weighted by Crippen LogP contribution is -2.36. The van der Waals surface area contributed by atoms with Crippen molar-refractivity contribution in [2.75, 3.05) is 31.2 Å². The number of H-pyrrole nitrogens is 1. The predicted octanol–water partition coefficient (Wildman–Crippen LogP) is 4.19. The molecule has 2 N–H and O–H groups in total. The number of nitrogens with zero attached hydrogens (tertiary/aromatic N) is 4. The summed E-state index contributed by atoms with van der Waals surface area (Å²) in [6.45, 7) is 5.45. The number of imidazole rings is 1. The molecule has 1 aliphatic carbocycles. The van der Waals surface area contributed by atoms with Crippen molar-refractivity contribution < 1.29 is 27.8 Å². The standard InChI is InChI=1S/C21H23N5O.C2HF3O2/c1-14-20(15-2-3-15)25-21(24-14)19-11-16(4-5-23-19)17-10-18(13-22-12-17)26-6-8-27-9-7-26;3-2(4,5)1(6)7/h4-5,10-13,15H,2-3,6-9H2,1H3,(H,24,25);(H,6,7). The third kappa shape index (κ3) is 5.71. The number of pyridine rings is 2. The molecular weight excluding hydrogens is 451 g/mol. The Morgan fingerprint density at radius 2 is 1.88 bits per heavy atom. The van der Waals surface area contributed by atoms with Crippen molar-refractivity contribution in [3.8, 4) is 22.6 Å². The Hall–Kier alpha value is -3.47. The fraction of sp³-hybridized carbons (Fsp3) is 0.391. The molecule has 1 saturated carbocycles. The van der Waals surface area contributed by atoms with Gasteiger partial charge in [-0.2, -0.15) is 13.2 Å². The summed E-state index contributed by atoms with van der Waals surface area (Å²) in [5, 5.41) is 7.12. The second-order valence-corrected chi connectivity index (χ2v) is 8.13. The highest BCUT2D eigenvalue weighted by Crippen LogP contribution is 2.41. The highest BCUT2D eigenvalue weighted by molar-refractivity contribution is 5.73. The molecule has 34 heavy (non-hydrogen) atoms. The van der Waals surface area contributed by atoms with Crippen LogP contribution in [0.5, 0.6) is 0 Å². The van der Waals surface area contributed by atoms with Crippen LogP contribution >= 0.6 is 0 Å². The maximum absolute atomic E-state index is 10.6. The van der Waals surface area contributed by atoms with Crippen LogP contribution < -0.4 is 4.90 Å². The number of anilines is 1. The molecule has 180 valence electrons. The number of ether oxygens (including phenoxy) is 1. The summed E-state index contributed by atoms with van der Waals surface area (Å²) in [6, 6.07) is 6.32. The summed E-state index contributed by atoms with van der Waals surface area (Å²) in [5.74, 6) is -1.27.